The minimum absolute atomic E-state index is 0.0127. The molecule has 0 aliphatic carbocycles. The molecule has 0 aliphatic rings. The molecule has 1 amide bonds. The zero-order chi connectivity index (χ0) is 16.4. The quantitative estimate of drug-likeness (QED) is 0.740. The fourth-order valence-corrected chi connectivity index (χ4v) is 2.41. The Hall–Kier alpha value is -2.62. The van der Waals surface area contributed by atoms with Crippen molar-refractivity contribution in [3.05, 3.63) is 48.0 Å². The van der Waals surface area contributed by atoms with E-state index < -0.39 is 0 Å². The van der Waals surface area contributed by atoms with Gasteiger partial charge in [0, 0.05) is 17.7 Å². The Morgan fingerprint density at radius 3 is 2.78 bits per heavy atom. The van der Waals surface area contributed by atoms with Crippen LogP contribution in [-0.2, 0) is 4.79 Å². The van der Waals surface area contributed by atoms with Gasteiger partial charge in [-0.15, -0.1) is 0 Å². The monoisotopic (exact) mass is 308 g/mol. The lowest BCUT2D eigenvalue weighted by Crippen LogP contribution is -2.09. The van der Waals surface area contributed by atoms with E-state index in [0.717, 1.165) is 22.4 Å². The van der Waals surface area contributed by atoms with Crippen molar-refractivity contribution in [2.24, 2.45) is 0 Å². The minimum atomic E-state index is -0.0127. The molecule has 4 nitrogen and oxygen atoms in total. The van der Waals surface area contributed by atoms with Gasteiger partial charge in [0.2, 0.25) is 11.8 Å². The Balaban J connectivity index is 1.96. The van der Waals surface area contributed by atoms with E-state index >= 15 is 0 Å². The summed E-state index contributed by atoms with van der Waals surface area (Å²) in [4.78, 5) is 16.1. The highest BCUT2D eigenvalue weighted by molar-refractivity contribution is 5.91. The van der Waals surface area contributed by atoms with Crippen molar-refractivity contribution in [1.82, 2.24) is 4.98 Å². The van der Waals surface area contributed by atoms with E-state index in [4.69, 9.17) is 4.42 Å². The summed E-state index contributed by atoms with van der Waals surface area (Å²) in [6, 6.07) is 13.6. The molecule has 0 aliphatic heterocycles. The molecule has 1 N–H and O–H groups in total. The van der Waals surface area contributed by atoms with Gasteiger partial charge in [-0.1, -0.05) is 32.9 Å². The van der Waals surface area contributed by atoms with Gasteiger partial charge in [-0.05, 0) is 41.8 Å². The highest BCUT2D eigenvalue weighted by Gasteiger charge is 2.11. The second-order valence-corrected chi connectivity index (χ2v) is 5.88. The first kappa shape index (κ1) is 15.3. The van der Waals surface area contributed by atoms with Crippen LogP contribution in [0.5, 0.6) is 0 Å². The predicted octanol–water partition coefficient (Wildman–Crippen LogP) is 4.97. The Kier molecular flexibility index (Phi) is 4.15. The molecule has 1 heterocycles. The maximum atomic E-state index is 11.5. The van der Waals surface area contributed by atoms with Crippen LogP contribution in [0, 0.1) is 0 Å². The van der Waals surface area contributed by atoms with Crippen LogP contribution in [0.3, 0.4) is 0 Å². The third kappa shape index (κ3) is 3.26. The summed E-state index contributed by atoms with van der Waals surface area (Å²) in [5, 5.41) is 2.85. The lowest BCUT2D eigenvalue weighted by Gasteiger charge is -2.04. The first-order chi connectivity index (χ1) is 11.1. The molecule has 3 rings (SSSR count). The van der Waals surface area contributed by atoms with Crippen molar-refractivity contribution in [1.29, 1.82) is 0 Å². The first-order valence-corrected chi connectivity index (χ1v) is 7.87. The highest BCUT2D eigenvalue weighted by atomic mass is 16.3. The predicted molar refractivity (Wildman–Crippen MR) is 92.5 cm³/mol. The number of hydrogen-bond donors (Lipinski definition) is 1. The van der Waals surface area contributed by atoms with Crippen LogP contribution in [-0.4, -0.2) is 10.9 Å². The zero-order valence-electron chi connectivity index (χ0n) is 13.6. The average Bonchev–Trinajstić information content (AvgIpc) is 2.98. The van der Waals surface area contributed by atoms with Gasteiger partial charge in [-0.2, -0.15) is 0 Å². The molecule has 0 radical (unpaired) electrons. The van der Waals surface area contributed by atoms with Crippen molar-refractivity contribution in [3.8, 4) is 11.5 Å². The SMILES string of the molecule is CCC(=O)Nc1cccc(-c2nc3cc(C(C)C)ccc3o2)c1. The second-order valence-electron chi connectivity index (χ2n) is 5.88. The van der Waals surface area contributed by atoms with Gasteiger partial charge < -0.3 is 9.73 Å². The van der Waals surface area contributed by atoms with Gasteiger partial charge in [-0.3, -0.25) is 4.79 Å². The van der Waals surface area contributed by atoms with Gasteiger partial charge in [0.25, 0.3) is 0 Å². The molecule has 4 heteroatoms. The van der Waals surface area contributed by atoms with Gasteiger partial charge in [0.1, 0.15) is 5.52 Å². The molecule has 118 valence electrons. The Bertz CT molecular complexity index is 849. The van der Waals surface area contributed by atoms with Crippen LogP contribution in [0.15, 0.2) is 46.9 Å². The number of nitrogens with one attached hydrogen (secondary N) is 1. The summed E-state index contributed by atoms with van der Waals surface area (Å²) in [6.07, 6.45) is 0.449. The number of anilines is 1. The van der Waals surface area contributed by atoms with Crippen molar-refractivity contribution in [3.63, 3.8) is 0 Å². The molecule has 3 aromatic rings. The van der Waals surface area contributed by atoms with Gasteiger partial charge >= 0.3 is 0 Å². The van der Waals surface area contributed by atoms with Gasteiger partial charge in [-0.25, -0.2) is 4.98 Å². The number of carbonyl (C=O) groups is 1. The number of nitrogens with zero attached hydrogens (tertiary/aromatic N) is 1. The third-order valence-corrected chi connectivity index (χ3v) is 3.79. The fourth-order valence-electron chi connectivity index (χ4n) is 2.41. The lowest BCUT2D eigenvalue weighted by molar-refractivity contribution is -0.115. The van der Waals surface area contributed by atoms with E-state index in [1.54, 1.807) is 0 Å². The highest BCUT2D eigenvalue weighted by Crippen LogP contribution is 2.28. The van der Waals surface area contributed by atoms with E-state index in [-0.39, 0.29) is 5.91 Å². The molecular weight excluding hydrogens is 288 g/mol. The maximum absolute atomic E-state index is 11.5. The third-order valence-electron chi connectivity index (χ3n) is 3.79. The van der Waals surface area contributed by atoms with Crippen molar-refractivity contribution in [2.75, 3.05) is 5.32 Å². The van der Waals surface area contributed by atoms with E-state index in [1.165, 1.54) is 5.56 Å². The number of fused-ring (bicyclic) bond motifs is 1. The van der Waals surface area contributed by atoms with E-state index in [1.807, 2.05) is 37.3 Å². The van der Waals surface area contributed by atoms with Crippen molar-refractivity contribution >= 4 is 22.7 Å². The fraction of sp³-hybridized carbons (Fsp3) is 0.263. The summed E-state index contributed by atoms with van der Waals surface area (Å²) in [5.41, 5.74) is 4.46. The number of hydrogen-bond acceptors (Lipinski definition) is 3. The normalized spacial score (nSPS) is 11.1. The van der Waals surface area contributed by atoms with Crippen LogP contribution in [0.4, 0.5) is 5.69 Å². The van der Waals surface area contributed by atoms with Crippen LogP contribution >= 0.6 is 0 Å². The second kappa shape index (κ2) is 6.24. The summed E-state index contributed by atoms with van der Waals surface area (Å²) in [5.74, 6) is 1.00. The Labute approximate surface area is 135 Å². The first-order valence-electron chi connectivity index (χ1n) is 7.87. The van der Waals surface area contributed by atoms with Gasteiger partial charge in [0.05, 0.1) is 0 Å². The molecule has 0 spiro atoms. The van der Waals surface area contributed by atoms with E-state index in [9.17, 15) is 4.79 Å². The summed E-state index contributed by atoms with van der Waals surface area (Å²) in [6.45, 7) is 6.14. The van der Waals surface area contributed by atoms with E-state index in [0.29, 0.717) is 18.2 Å². The molecule has 0 saturated heterocycles. The van der Waals surface area contributed by atoms with Crippen LogP contribution in [0.1, 0.15) is 38.7 Å². The maximum Gasteiger partial charge on any atom is 0.227 e. The zero-order valence-corrected chi connectivity index (χ0v) is 13.6. The Morgan fingerprint density at radius 1 is 1.22 bits per heavy atom. The molecule has 23 heavy (non-hydrogen) atoms. The van der Waals surface area contributed by atoms with Crippen molar-refractivity contribution in [2.45, 2.75) is 33.1 Å². The molecule has 1 aromatic heterocycles. The summed E-state index contributed by atoms with van der Waals surface area (Å²) in [7, 11) is 0. The van der Waals surface area contributed by atoms with Crippen LogP contribution < -0.4 is 5.32 Å². The number of carbonyl (C=O) groups excluding carboxylic acids is 1. The number of oxazole rings is 1. The molecule has 0 bridgehead atoms. The lowest BCUT2D eigenvalue weighted by atomic mass is 10.0. The topological polar surface area (TPSA) is 55.1 Å². The molecule has 0 fully saturated rings. The average molecular weight is 308 g/mol. The van der Waals surface area contributed by atoms with Crippen LogP contribution in [0.25, 0.3) is 22.6 Å². The standard InChI is InChI=1S/C19H20N2O2/c1-4-18(22)20-15-7-5-6-14(10-15)19-21-16-11-13(12(2)3)8-9-17(16)23-19/h5-12H,4H2,1-3H3,(H,20,22). The van der Waals surface area contributed by atoms with Gasteiger partial charge in [0.15, 0.2) is 5.58 Å². The largest absolute Gasteiger partial charge is 0.436 e. The molecule has 0 saturated carbocycles. The number of rotatable bonds is 4. The molecular formula is C19H20N2O2. The molecule has 0 unspecified atom stereocenters. The van der Waals surface area contributed by atoms with Crippen LogP contribution in [0.2, 0.25) is 0 Å². The van der Waals surface area contributed by atoms with E-state index in [2.05, 4.69) is 36.3 Å². The van der Waals surface area contributed by atoms with Crippen molar-refractivity contribution < 1.29 is 9.21 Å². The number of amides is 1. The number of aromatic nitrogens is 1. The smallest absolute Gasteiger partial charge is 0.227 e. The molecule has 0 atom stereocenters. The Morgan fingerprint density at radius 2 is 2.04 bits per heavy atom. The summed E-state index contributed by atoms with van der Waals surface area (Å²) < 4.78 is 5.85. The number of benzene rings is 2. The molecule has 2 aromatic carbocycles. The summed E-state index contributed by atoms with van der Waals surface area (Å²) >= 11 is 0. The minimum Gasteiger partial charge on any atom is -0.436 e.